The van der Waals surface area contributed by atoms with Crippen LogP contribution in [0.3, 0.4) is 0 Å². The van der Waals surface area contributed by atoms with Crippen molar-refractivity contribution in [1.29, 1.82) is 0 Å². The first-order valence-corrected chi connectivity index (χ1v) is 7.57. The molecule has 0 spiro atoms. The molecule has 16 heavy (non-hydrogen) atoms. The summed E-state index contributed by atoms with van der Waals surface area (Å²) in [6.45, 7) is 5.98. The molecule has 0 saturated carbocycles. The van der Waals surface area contributed by atoms with Gasteiger partial charge in [0.2, 0.25) is 0 Å². The monoisotopic (exact) mass is 245 g/mol. The van der Waals surface area contributed by atoms with Crippen LogP contribution >= 0.6 is 11.8 Å². The third-order valence-corrected chi connectivity index (χ3v) is 4.48. The normalized spacial score (nSPS) is 30.2. The Kier molecular flexibility index (Phi) is 5.42. The highest BCUT2D eigenvalue weighted by molar-refractivity contribution is 7.99. The maximum absolute atomic E-state index is 5.92. The smallest absolute Gasteiger partial charge is 0.0821 e. The summed E-state index contributed by atoms with van der Waals surface area (Å²) >= 11 is 2.02. The van der Waals surface area contributed by atoms with E-state index in [-0.39, 0.29) is 0 Å². The molecule has 1 N–H and O–H groups in total. The molecule has 0 aromatic rings. The molecule has 2 unspecified atom stereocenters. The van der Waals surface area contributed by atoms with E-state index in [1.54, 1.807) is 0 Å². The number of nitrogens with one attached hydrogen (secondary N) is 1. The van der Waals surface area contributed by atoms with Gasteiger partial charge in [0.1, 0.15) is 0 Å². The van der Waals surface area contributed by atoms with Crippen molar-refractivity contribution in [2.45, 2.75) is 31.9 Å². The fourth-order valence-electron chi connectivity index (χ4n) is 2.63. The Morgan fingerprint density at radius 3 is 2.75 bits per heavy atom. The molecule has 0 aromatic carbocycles. The quantitative estimate of drug-likeness (QED) is 0.813. The van der Waals surface area contributed by atoms with Crippen molar-refractivity contribution in [3.05, 3.63) is 0 Å². The van der Waals surface area contributed by atoms with Gasteiger partial charge in [-0.15, -0.1) is 0 Å². The summed E-state index contributed by atoms with van der Waals surface area (Å²) in [4.78, 5) is 0. The highest BCUT2D eigenvalue weighted by Gasteiger charge is 2.32. The van der Waals surface area contributed by atoms with Crippen molar-refractivity contribution < 1.29 is 9.47 Å². The van der Waals surface area contributed by atoms with Gasteiger partial charge in [-0.25, -0.2) is 0 Å². The average molecular weight is 245 g/mol. The molecule has 2 rings (SSSR count). The van der Waals surface area contributed by atoms with Crippen LogP contribution in [0.5, 0.6) is 0 Å². The van der Waals surface area contributed by atoms with Crippen LogP contribution in [-0.2, 0) is 9.47 Å². The van der Waals surface area contributed by atoms with Gasteiger partial charge in [-0.05, 0) is 25.3 Å². The highest BCUT2D eigenvalue weighted by atomic mass is 32.2. The van der Waals surface area contributed by atoms with Crippen LogP contribution in [0.25, 0.3) is 0 Å². The first-order chi connectivity index (χ1) is 7.92. The van der Waals surface area contributed by atoms with E-state index in [0.717, 1.165) is 43.8 Å². The summed E-state index contributed by atoms with van der Waals surface area (Å²) in [5.41, 5.74) is 0. The third-order valence-electron chi connectivity index (χ3n) is 3.46. The van der Waals surface area contributed by atoms with Gasteiger partial charge in [0.15, 0.2) is 0 Å². The number of ether oxygens (including phenoxy) is 2. The van der Waals surface area contributed by atoms with Crippen molar-refractivity contribution >= 4 is 11.8 Å². The van der Waals surface area contributed by atoms with Gasteiger partial charge in [0.25, 0.3) is 0 Å². The summed E-state index contributed by atoms with van der Waals surface area (Å²) in [5, 5.41) is 3.63. The lowest BCUT2D eigenvalue weighted by Crippen LogP contribution is -2.50. The zero-order chi connectivity index (χ0) is 11.2. The molecule has 2 aliphatic heterocycles. The molecule has 2 aliphatic rings. The standard InChI is InChI=1S/C12H23NO2S/c1-2-13-12(10-3-5-14-6-4-10)11-9-16-8-7-15-11/h10-13H,2-9H2,1H3. The predicted octanol–water partition coefficient (Wildman–Crippen LogP) is 1.52. The summed E-state index contributed by atoms with van der Waals surface area (Å²) < 4.78 is 11.4. The molecule has 94 valence electrons. The Balaban J connectivity index is 1.91. The van der Waals surface area contributed by atoms with E-state index in [4.69, 9.17) is 9.47 Å². The van der Waals surface area contributed by atoms with Gasteiger partial charge in [0.05, 0.1) is 12.7 Å². The number of hydrogen-bond acceptors (Lipinski definition) is 4. The van der Waals surface area contributed by atoms with E-state index in [1.807, 2.05) is 11.8 Å². The second kappa shape index (κ2) is 6.84. The van der Waals surface area contributed by atoms with Crippen LogP contribution in [0.15, 0.2) is 0 Å². The van der Waals surface area contributed by atoms with Gasteiger partial charge >= 0.3 is 0 Å². The lowest BCUT2D eigenvalue weighted by atomic mass is 9.88. The molecule has 4 heteroatoms. The zero-order valence-electron chi connectivity index (χ0n) is 10.1. The van der Waals surface area contributed by atoms with E-state index < -0.39 is 0 Å². The van der Waals surface area contributed by atoms with E-state index >= 15 is 0 Å². The lowest BCUT2D eigenvalue weighted by Gasteiger charge is -2.37. The number of hydrogen-bond donors (Lipinski definition) is 1. The third kappa shape index (κ3) is 3.36. The van der Waals surface area contributed by atoms with E-state index in [2.05, 4.69) is 12.2 Å². The van der Waals surface area contributed by atoms with Crippen molar-refractivity contribution in [1.82, 2.24) is 5.32 Å². The predicted molar refractivity (Wildman–Crippen MR) is 68.1 cm³/mol. The Morgan fingerprint density at radius 1 is 1.31 bits per heavy atom. The van der Waals surface area contributed by atoms with E-state index in [1.165, 1.54) is 12.8 Å². The van der Waals surface area contributed by atoms with Crippen LogP contribution < -0.4 is 5.32 Å². The molecule has 3 nitrogen and oxygen atoms in total. The number of likely N-dealkylation sites (N-methyl/N-ethyl adjacent to an activating group) is 1. The Labute approximate surface area is 103 Å². The molecule has 0 aromatic heterocycles. The van der Waals surface area contributed by atoms with Crippen LogP contribution in [0.4, 0.5) is 0 Å². The minimum Gasteiger partial charge on any atom is -0.381 e. The van der Waals surface area contributed by atoms with Gasteiger partial charge in [0, 0.05) is 30.8 Å². The van der Waals surface area contributed by atoms with Crippen molar-refractivity contribution in [3.8, 4) is 0 Å². The fraction of sp³-hybridized carbons (Fsp3) is 1.00. The molecule has 0 aliphatic carbocycles. The molecule has 2 heterocycles. The summed E-state index contributed by atoms with van der Waals surface area (Å²) in [6.07, 6.45) is 2.77. The van der Waals surface area contributed by atoms with Crippen molar-refractivity contribution in [3.63, 3.8) is 0 Å². The lowest BCUT2D eigenvalue weighted by molar-refractivity contribution is -0.00367. The van der Waals surface area contributed by atoms with Gasteiger partial charge in [-0.1, -0.05) is 6.92 Å². The van der Waals surface area contributed by atoms with Crippen LogP contribution in [-0.4, -0.2) is 50.0 Å². The molecule has 2 atom stereocenters. The second-order valence-electron chi connectivity index (χ2n) is 4.52. The Bertz CT molecular complexity index is 173. The van der Waals surface area contributed by atoms with E-state index in [9.17, 15) is 0 Å². The number of thioether (sulfide) groups is 1. The van der Waals surface area contributed by atoms with Crippen LogP contribution in [0.2, 0.25) is 0 Å². The second-order valence-corrected chi connectivity index (χ2v) is 5.67. The van der Waals surface area contributed by atoms with Gasteiger partial charge in [-0.2, -0.15) is 11.8 Å². The summed E-state index contributed by atoms with van der Waals surface area (Å²) in [6, 6.07) is 0.529. The topological polar surface area (TPSA) is 30.5 Å². The fourth-order valence-corrected chi connectivity index (χ4v) is 3.54. The SMILES string of the molecule is CCNC(C1CCOCC1)C1CSCCO1. The number of rotatable bonds is 4. The maximum Gasteiger partial charge on any atom is 0.0821 e. The molecular weight excluding hydrogens is 222 g/mol. The largest absolute Gasteiger partial charge is 0.381 e. The van der Waals surface area contributed by atoms with E-state index in [0.29, 0.717) is 12.1 Å². The van der Waals surface area contributed by atoms with Crippen LogP contribution in [0.1, 0.15) is 19.8 Å². The maximum atomic E-state index is 5.92. The zero-order valence-corrected chi connectivity index (χ0v) is 10.9. The van der Waals surface area contributed by atoms with Crippen molar-refractivity contribution in [2.24, 2.45) is 5.92 Å². The molecule has 2 saturated heterocycles. The van der Waals surface area contributed by atoms with Gasteiger partial charge < -0.3 is 14.8 Å². The molecule has 0 amide bonds. The molecule has 0 bridgehead atoms. The summed E-state index contributed by atoms with van der Waals surface area (Å²) in [5.74, 6) is 3.04. The van der Waals surface area contributed by atoms with Gasteiger partial charge in [-0.3, -0.25) is 0 Å². The first kappa shape index (κ1) is 12.7. The molecule has 2 fully saturated rings. The van der Waals surface area contributed by atoms with Crippen LogP contribution in [0, 0.1) is 5.92 Å². The van der Waals surface area contributed by atoms with Crippen molar-refractivity contribution in [2.75, 3.05) is 37.9 Å². The minimum absolute atomic E-state index is 0.404. The average Bonchev–Trinajstić information content (AvgIpc) is 2.38. The minimum atomic E-state index is 0.404. The highest BCUT2D eigenvalue weighted by Crippen LogP contribution is 2.26. The first-order valence-electron chi connectivity index (χ1n) is 6.42. The Hall–Kier alpha value is 0.230. The summed E-state index contributed by atoms with van der Waals surface area (Å²) in [7, 11) is 0. The Morgan fingerprint density at radius 2 is 2.12 bits per heavy atom. The molecular formula is C12H23NO2S. The molecule has 0 radical (unpaired) electrons.